The van der Waals surface area contributed by atoms with Crippen LogP contribution >= 0.6 is 0 Å². The van der Waals surface area contributed by atoms with Crippen molar-refractivity contribution in [3.05, 3.63) is 0 Å². The second-order valence-electron chi connectivity index (χ2n) is 4.35. The average Bonchev–Trinajstić information content (AvgIpc) is 2.24. The Bertz CT molecular complexity index is 170. The molecule has 0 aromatic rings. The summed E-state index contributed by atoms with van der Waals surface area (Å²) in [6.07, 6.45) is 1.87. The number of carboxylic acid groups (broad SMARTS) is 1. The summed E-state index contributed by atoms with van der Waals surface area (Å²) in [5, 5.41) is 9.65. The topological polar surface area (TPSA) is 49.4 Å². The molecule has 0 unspecified atom stereocenters. The fraction of sp³-hybridized carbons (Fsp3) is 0.917. The number of carbonyl (C=O) groups excluding carboxylic acids is 1. The van der Waals surface area contributed by atoms with E-state index in [1.807, 2.05) is 13.8 Å². The highest BCUT2D eigenvalue weighted by atomic mass is 16.5. The van der Waals surface area contributed by atoms with Crippen LogP contribution in [0.5, 0.6) is 0 Å². The van der Waals surface area contributed by atoms with Crippen molar-refractivity contribution in [3.8, 4) is 0 Å². The molecule has 0 fully saturated rings. The number of rotatable bonds is 7. The van der Waals surface area contributed by atoms with Crippen molar-refractivity contribution in [2.45, 2.75) is 40.0 Å². The molecule has 4 nitrogen and oxygen atoms in total. The van der Waals surface area contributed by atoms with E-state index >= 15 is 0 Å². The van der Waals surface area contributed by atoms with Crippen LogP contribution in [0.25, 0.3) is 0 Å². The molecule has 0 aliphatic heterocycles. The third-order valence-electron chi connectivity index (χ3n) is 2.24. The maximum atomic E-state index is 9.65. The number of carboxylic acids is 1. The molecule has 0 saturated carbocycles. The van der Waals surface area contributed by atoms with Crippen molar-refractivity contribution in [1.82, 2.24) is 0 Å². The predicted molar refractivity (Wildman–Crippen MR) is 63.7 cm³/mol. The highest BCUT2D eigenvalue weighted by molar-refractivity contribution is 5.63. The fourth-order valence-electron chi connectivity index (χ4n) is 0.751. The third kappa shape index (κ3) is 15.8. The van der Waals surface area contributed by atoms with Gasteiger partial charge >= 0.3 is 0 Å². The van der Waals surface area contributed by atoms with Gasteiger partial charge in [0, 0.05) is 12.6 Å². The number of unbranched alkanes of at least 4 members (excludes halogenated alkanes) is 1. The van der Waals surface area contributed by atoms with Crippen LogP contribution in [0.2, 0.25) is 0 Å². The smallest absolute Gasteiger partial charge is 0.182 e. The van der Waals surface area contributed by atoms with Crippen LogP contribution in [0.1, 0.15) is 40.0 Å². The summed E-state index contributed by atoms with van der Waals surface area (Å²) in [4.78, 5) is 9.65. The zero-order valence-electron chi connectivity index (χ0n) is 11.4. The van der Waals surface area contributed by atoms with Gasteiger partial charge in [-0.25, -0.2) is 0 Å². The van der Waals surface area contributed by atoms with E-state index in [-0.39, 0.29) is 6.42 Å². The normalized spacial score (nSPS) is 10.6. The number of carbonyl (C=O) groups is 1. The summed E-state index contributed by atoms with van der Waals surface area (Å²) in [5.74, 6) is -0.943. The minimum atomic E-state index is -0.943. The second-order valence-corrected chi connectivity index (χ2v) is 4.35. The first kappa shape index (κ1) is 17.8. The van der Waals surface area contributed by atoms with Crippen LogP contribution in [0.15, 0.2) is 0 Å². The molecule has 0 N–H and O–H groups in total. The molecule has 0 heterocycles. The van der Waals surface area contributed by atoms with Gasteiger partial charge < -0.3 is 19.1 Å². The highest BCUT2D eigenvalue weighted by Crippen LogP contribution is 1.94. The first-order chi connectivity index (χ1) is 7.39. The molecule has 0 aliphatic rings. The van der Waals surface area contributed by atoms with E-state index < -0.39 is 5.97 Å². The lowest BCUT2D eigenvalue weighted by atomic mass is 10.3. The number of ether oxygens (including phenoxy) is 1. The van der Waals surface area contributed by atoms with Crippen molar-refractivity contribution in [1.29, 1.82) is 0 Å². The number of aliphatic carboxylic acids is 1. The molecule has 0 atom stereocenters. The van der Waals surface area contributed by atoms with E-state index in [0.29, 0.717) is 0 Å². The summed E-state index contributed by atoms with van der Waals surface area (Å²) in [7, 11) is 4.32. The number of nitrogens with zero attached hydrogens (tertiary/aromatic N) is 1. The zero-order valence-corrected chi connectivity index (χ0v) is 11.4. The Morgan fingerprint density at radius 1 is 1.25 bits per heavy atom. The van der Waals surface area contributed by atoms with Crippen LogP contribution in [-0.4, -0.2) is 44.4 Å². The minimum Gasteiger partial charge on any atom is -0.550 e. The quantitative estimate of drug-likeness (QED) is 0.487. The molecule has 0 amide bonds. The monoisotopic (exact) mass is 233 g/mol. The highest BCUT2D eigenvalue weighted by Gasteiger charge is 2.09. The van der Waals surface area contributed by atoms with Gasteiger partial charge in [-0.3, -0.25) is 0 Å². The molecular weight excluding hydrogens is 206 g/mol. The average molecular weight is 233 g/mol. The molecule has 0 aromatic heterocycles. The molecule has 98 valence electrons. The van der Waals surface area contributed by atoms with Crippen LogP contribution in [-0.2, 0) is 9.53 Å². The van der Waals surface area contributed by atoms with Crippen LogP contribution < -0.4 is 5.11 Å². The van der Waals surface area contributed by atoms with Crippen molar-refractivity contribution >= 4 is 5.97 Å². The molecule has 0 aromatic carbocycles. The Hall–Kier alpha value is -0.610. The molecule has 0 saturated heterocycles. The molecule has 0 aliphatic carbocycles. The van der Waals surface area contributed by atoms with Gasteiger partial charge in [0.2, 0.25) is 0 Å². The number of quaternary nitrogens is 1. The lowest BCUT2D eigenvalue weighted by Gasteiger charge is -2.26. The number of hydrogen-bond acceptors (Lipinski definition) is 3. The van der Waals surface area contributed by atoms with E-state index in [2.05, 4.69) is 21.0 Å². The van der Waals surface area contributed by atoms with E-state index in [0.717, 1.165) is 37.2 Å². The summed E-state index contributed by atoms with van der Waals surface area (Å²) < 4.78 is 6.21. The molecular formula is C12H27NO3. The first-order valence-electron chi connectivity index (χ1n) is 5.99. The lowest BCUT2D eigenvalue weighted by Crippen LogP contribution is -2.41. The maximum absolute atomic E-state index is 9.65. The summed E-state index contributed by atoms with van der Waals surface area (Å²) >= 11 is 0. The standard InChI is InChI=1S/C7H18NO.C5H10O2/c1-5-8(3,4)7-9-6-2;1-2-3-4-5(6)7/h5-7H2,1-4H3;2-4H2,1H3,(H,6,7)/q+1;/p-1. The van der Waals surface area contributed by atoms with Gasteiger partial charge in [-0.1, -0.05) is 13.3 Å². The fourth-order valence-corrected chi connectivity index (χ4v) is 0.751. The van der Waals surface area contributed by atoms with Gasteiger partial charge in [-0.05, 0) is 26.7 Å². The molecule has 0 bridgehead atoms. The van der Waals surface area contributed by atoms with Gasteiger partial charge in [0.05, 0.1) is 20.6 Å². The number of hydrogen-bond donors (Lipinski definition) is 0. The van der Waals surface area contributed by atoms with Crippen LogP contribution in [0, 0.1) is 0 Å². The first-order valence-corrected chi connectivity index (χ1v) is 5.99. The van der Waals surface area contributed by atoms with Gasteiger partial charge in [0.15, 0.2) is 6.73 Å². The van der Waals surface area contributed by atoms with Crippen molar-refractivity contribution < 1.29 is 19.1 Å². The van der Waals surface area contributed by atoms with Gasteiger partial charge in [-0.15, -0.1) is 0 Å². The van der Waals surface area contributed by atoms with Crippen molar-refractivity contribution in [3.63, 3.8) is 0 Å². The van der Waals surface area contributed by atoms with E-state index in [1.165, 1.54) is 0 Å². The van der Waals surface area contributed by atoms with E-state index in [9.17, 15) is 9.90 Å². The molecule has 0 rings (SSSR count). The van der Waals surface area contributed by atoms with Crippen molar-refractivity contribution in [2.75, 3.05) is 34.0 Å². The van der Waals surface area contributed by atoms with Gasteiger partial charge in [0.25, 0.3) is 0 Å². The summed E-state index contributed by atoms with van der Waals surface area (Å²) in [6, 6.07) is 0. The molecule has 4 heteroatoms. The summed E-state index contributed by atoms with van der Waals surface area (Å²) in [6.45, 7) is 8.91. The Balaban J connectivity index is 0. The summed E-state index contributed by atoms with van der Waals surface area (Å²) in [5.41, 5.74) is 0. The van der Waals surface area contributed by atoms with E-state index in [4.69, 9.17) is 4.74 Å². The Morgan fingerprint density at radius 2 is 1.81 bits per heavy atom. The lowest BCUT2D eigenvalue weighted by molar-refractivity contribution is -0.907. The second kappa shape index (κ2) is 10.9. The molecule has 16 heavy (non-hydrogen) atoms. The molecule has 0 spiro atoms. The van der Waals surface area contributed by atoms with Gasteiger partial charge in [0.1, 0.15) is 0 Å². The Labute approximate surface area is 99.8 Å². The van der Waals surface area contributed by atoms with Crippen LogP contribution in [0.4, 0.5) is 0 Å². The molecule has 0 radical (unpaired) electrons. The largest absolute Gasteiger partial charge is 0.550 e. The van der Waals surface area contributed by atoms with E-state index in [1.54, 1.807) is 0 Å². The Morgan fingerprint density at radius 3 is 2.06 bits per heavy atom. The van der Waals surface area contributed by atoms with Gasteiger partial charge in [-0.2, -0.15) is 0 Å². The minimum absolute atomic E-state index is 0.205. The SMILES string of the molecule is CCCCC(=O)[O-].CCOC[N+](C)(C)CC. The maximum Gasteiger partial charge on any atom is 0.182 e. The zero-order chi connectivity index (χ0) is 13.0. The third-order valence-corrected chi connectivity index (χ3v) is 2.24. The Kier molecular flexibility index (Phi) is 12.1. The predicted octanol–water partition coefficient (Wildman–Crippen LogP) is 1.00. The van der Waals surface area contributed by atoms with Crippen LogP contribution in [0.3, 0.4) is 0 Å². The van der Waals surface area contributed by atoms with Crippen molar-refractivity contribution in [2.24, 2.45) is 0 Å².